The fourth-order valence-electron chi connectivity index (χ4n) is 4.19. The molecular weight excluding hydrogens is 450 g/mol. The zero-order valence-electron chi connectivity index (χ0n) is 18.3. The van der Waals surface area contributed by atoms with Crippen molar-refractivity contribution in [3.8, 4) is 5.75 Å². The van der Waals surface area contributed by atoms with E-state index in [1.54, 1.807) is 12.0 Å². The van der Waals surface area contributed by atoms with Gasteiger partial charge >= 0.3 is 0 Å². The van der Waals surface area contributed by atoms with Crippen molar-refractivity contribution < 1.29 is 17.9 Å². The summed E-state index contributed by atoms with van der Waals surface area (Å²) in [6, 6.07) is 10.2. The summed E-state index contributed by atoms with van der Waals surface area (Å²) in [5, 5.41) is 1.39. The highest BCUT2D eigenvalue weighted by molar-refractivity contribution is 7.89. The van der Waals surface area contributed by atoms with E-state index in [1.165, 1.54) is 37.9 Å². The molecule has 3 aromatic rings. The van der Waals surface area contributed by atoms with Gasteiger partial charge in [-0.15, -0.1) is 0 Å². The first-order valence-corrected chi connectivity index (χ1v) is 12.2. The molecule has 1 aliphatic rings. The van der Waals surface area contributed by atoms with E-state index in [4.69, 9.17) is 16.3 Å². The second-order valence-corrected chi connectivity index (χ2v) is 10.7. The fourth-order valence-corrected chi connectivity index (χ4v) is 5.32. The number of halogens is 1. The minimum absolute atomic E-state index is 0.0536. The predicted octanol–water partition coefficient (Wildman–Crippen LogP) is 4.10. The Hall–Kier alpha value is -2.55. The Labute approximate surface area is 193 Å². The number of carbonyl (C=O) groups excluding carboxylic acids is 1. The molecule has 0 spiro atoms. The van der Waals surface area contributed by atoms with Crippen molar-refractivity contribution in [1.82, 2.24) is 14.2 Å². The summed E-state index contributed by atoms with van der Waals surface area (Å²) in [6.07, 6.45) is 3.66. The number of likely N-dealkylation sites (tertiary alicyclic amines) is 1. The molecule has 1 fully saturated rings. The van der Waals surface area contributed by atoms with Crippen molar-refractivity contribution in [3.63, 3.8) is 0 Å². The first-order valence-electron chi connectivity index (χ1n) is 10.4. The Morgan fingerprint density at radius 2 is 1.88 bits per heavy atom. The molecule has 0 radical (unpaired) electrons. The second-order valence-electron chi connectivity index (χ2n) is 8.15. The van der Waals surface area contributed by atoms with Gasteiger partial charge in [0.15, 0.2) is 0 Å². The van der Waals surface area contributed by atoms with Crippen LogP contribution in [0.3, 0.4) is 0 Å². The van der Waals surface area contributed by atoms with Crippen molar-refractivity contribution in [3.05, 3.63) is 58.7 Å². The van der Waals surface area contributed by atoms with Crippen LogP contribution in [0.15, 0.2) is 47.5 Å². The van der Waals surface area contributed by atoms with Crippen molar-refractivity contribution in [2.24, 2.45) is 0 Å². The number of nitrogens with one attached hydrogen (secondary N) is 1. The molecule has 7 nitrogen and oxygen atoms in total. The molecule has 2 heterocycles. The number of hydrogen-bond donors (Lipinski definition) is 1. The number of ether oxygens (including phenoxy) is 1. The molecule has 1 N–H and O–H groups in total. The van der Waals surface area contributed by atoms with Crippen LogP contribution in [-0.4, -0.2) is 62.8 Å². The molecule has 1 aliphatic heterocycles. The van der Waals surface area contributed by atoms with Crippen molar-refractivity contribution in [2.75, 3.05) is 34.3 Å². The lowest BCUT2D eigenvalue weighted by Crippen LogP contribution is -2.38. The molecule has 0 unspecified atom stereocenters. The van der Waals surface area contributed by atoms with Crippen molar-refractivity contribution >= 4 is 38.4 Å². The molecule has 170 valence electrons. The molecule has 0 atom stereocenters. The van der Waals surface area contributed by atoms with Crippen molar-refractivity contribution in [2.45, 2.75) is 23.7 Å². The maximum absolute atomic E-state index is 13.2. The van der Waals surface area contributed by atoms with Crippen LogP contribution in [0.5, 0.6) is 5.75 Å². The number of rotatable bonds is 5. The van der Waals surface area contributed by atoms with Gasteiger partial charge in [-0.1, -0.05) is 11.6 Å². The Bertz CT molecular complexity index is 1260. The van der Waals surface area contributed by atoms with E-state index in [-0.39, 0.29) is 21.4 Å². The molecule has 0 aliphatic carbocycles. The van der Waals surface area contributed by atoms with E-state index < -0.39 is 10.0 Å². The number of amides is 1. The van der Waals surface area contributed by atoms with Gasteiger partial charge in [0.1, 0.15) is 5.75 Å². The maximum Gasteiger partial charge on any atom is 0.255 e. The Kier molecular flexibility index (Phi) is 6.20. The van der Waals surface area contributed by atoms with Crippen LogP contribution in [0, 0.1) is 0 Å². The molecule has 1 aromatic heterocycles. The van der Waals surface area contributed by atoms with Crippen LogP contribution < -0.4 is 4.74 Å². The largest absolute Gasteiger partial charge is 0.497 e. The average molecular weight is 476 g/mol. The minimum atomic E-state index is -3.66. The summed E-state index contributed by atoms with van der Waals surface area (Å²) in [7, 11) is 0.909. The quantitative estimate of drug-likeness (QED) is 0.602. The zero-order chi connectivity index (χ0) is 23.0. The first kappa shape index (κ1) is 22.6. The van der Waals surface area contributed by atoms with E-state index in [0.717, 1.165) is 33.8 Å². The van der Waals surface area contributed by atoms with Gasteiger partial charge in [-0.3, -0.25) is 4.79 Å². The average Bonchev–Trinajstić information content (AvgIpc) is 3.22. The Morgan fingerprint density at radius 3 is 2.53 bits per heavy atom. The minimum Gasteiger partial charge on any atom is -0.497 e. The van der Waals surface area contributed by atoms with Gasteiger partial charge in [-0.05, 0) is 60.7 Å². The number of hydrogen-bond acceptors (Lipinski definition) is 4. The first-order chi connectivity index (χ1) is 15.2. The summed E-state index contributed by atoms with van der Waals surface area (Å²) >= 11 is 6.27. The topological polar surface area (TPSA) is 82.7 Å². The van der Waals surface area contributed by atoms with E-state index in [2.05, 4.69) is 4.98 Å². The summed E-state index contributed by atoms with van der Waals surface area (Å²) in [4.78, 5) is 18.3. The molecular formula is C23H26ClN3O4S. The Balaban J connectivity index is 1.52. The highest BCUT2D eigenvalue weighted by Crippen LogP contribution is 2.35. The van der Waals surface area contributed by atoms with E-state index in [0.29, 0.717) is 19.0 Å². The van der Waals surface area contributed by atoms with E-state index in [1.807, 2.05) is 24.4 Å². The number of piperidine rings is 1. The van der Waals surface area contributed by atoms with Gasteiger partial charge in [0.2, 0.25) is 10.0 Å². The molecule has 4 rings (SSSR count). The van der Waals surface area contributed by atoms with Crippen molar-refractivity contribution in [1.29, 1.82) is 0 Å². The highest BCUT2D eigenvalue weighted by Gasteiger charge is 2.28. The molecule has 9 heteroatoms. The third-order valence-corrected chi connectivity index (χ3v) is 8.23. The van der Waals surface area contributed by atoms with Crippen LogP contribution in [0.2, 0.25) is 5.02 Å². The molecule has 0 saturated carbocycles. The van der Waals surface area contributed by atoms with Crippen LogP contribution >= 0.6 is 11.6 Å². The molecule has 2 aromatic carbocycles. The van der Waals surface area contributed by atoms with Gasteiger partial charge in [0, 0.05) is 44.3 Å². The summed E-state index contributed by atoms with van der Waals surface area (Å²) < 4.78 is 31.4. The number of aromatic amines is 1. The summed E-state index contributed by atoms with van der Waals surface area (Å²) in [5.74, 6) is 0.883. The lowest BCUT2D eigenvalue weighted by molar-refractivity contribution is 0.0713. The van der Waals surface area contributed by atoms with Crippen LogP contribution in [-0.2, 0) is 10.0 Å². The third-order valence-electron chi connectivity index (χ3n) is 6.09. The lowest BCUT2D eigenvalue weighted by Gasteiger charge is -2.32. The van der Waals surface area contributed by atoms with Gasteiger partial charge in [0.05, 0.1) is 22.6 Å². The summed E-state index contributed by atoms with van der Waals surface area (Å²) in [6.45, 7) is 1.14. The number of methoxy groups -OCH3 is 1. The number of carbonyl (C=O) groups is 1. The number of sulfonamides is 1. The highest BCUT2D eigenvalue weighted by atomic mass is 35.5. The molecule has 0 bridgehead atoms. The second kappa shape index (κ2) is 8.77. The zero-order valence-corrected chi connectivity index (χ0v) is 19.8. The number of benzene rings is 2. The van der Waals surface area contributed by atoms with Gasteiger partial charge in [-0.2, -0.15) is 0 Å². The van der Waals surface area contributed by atoms with Crippen LogP contribution in [0.25, 0.3) is 10.9 Å². The molecule has 1 saturated heterocycles. The third kappa shape index (κ3) is 4.10. The fraction of sp³-hybridized carbons (Fsp3) is 0.348. The van der Waals surface area contributed by atoms with Gasteiger partial charge < -0.3 is 14.6 Å². The monoisotopic (exact) mass is 475 g/mol. The number of aromatic nitrogens is 1. The lowest BCUT2D eigenvalue weighted by atomic mass is 9.89. The summed E-state index contributed by atoms with van der Waals surface area (Å²) in [5.41, 5.74) is 2.50. The van der Waals surface area contributed by atoms with Gasteiger partial charge in [0.25, 0.3) is 5.91 Å². The number of H-pyrrole nitrogens is 1. The SMILES string of the molecule is COc1ccc2[nH]cc(C3CCN(C(=O)c4cc(S(=O)(=O)N(C)C)ccc4Cl)CC3)c2c1. The van der Waals surface area contributed by atoms with Gasteiger partial charge in [-0.25, -0.2) is 12.7 Å². The number of fused-ring (bicyclic) bond motifs is 1. The smallest absolute Gasteiger partial charge is 0.255 e. The van der Waals surface area contributed by atoms with E-state index in [9.17, 15) is 13.2 Å². The Morgan fingerprint density at radius 1 is 1.16 bits per heavy atom. The normalized spacial score (nSPS) is 15.5. The number of nitrogens with zero attached hydrogens (tertiary/aromatic N) is 2. The maximum atomic E-state index is 13.2. The predicted molar refractivity (Wildman–Crippen MR) is 125 cm³/mol. The molecule has 32 heavy (non-hydrogen) atoms. The van der Waals surface area contributed by atoms with Crippen LogP contribution in [0.4, 0.5) is 0 Å². The van der Waals surface area contributed by atoms with E-state index >= 15 is 0 Å². The molecule has 1 amide bonds. The standard InChI is InChI=1S/C23H26ClN3O4S/c1-26(2)32(29,30)17-5-6-21(24)19(13-17)23(28)27-10-8-15(9-11-27)20-14-25-22-7-4-16(31-3)12-18(20)22/h4-7,12-15,25H,8-11H2,1-3H3. The van der Waals surface area contributed by atoms with Crippen LogP contribution in [0.1, 0.15) is 34.7 Å².